The Bertz CT molecular complexity index is 1190. The van der Waals surface area contributed by atoms with Crippen LogP contribution in [0.25, 0.3) is 21.8 Å². The van der Waals surface area contributed by atoms with E-state index in [1.165, 1.54) is 11.3 Å². The van der Waals surface area contributed by atoms with Crippen molar-refractivity contribution in [2.45, 2.75) is 6.54 Å². The third kappa shape index (κ3) is 4.70. The van der Waals surface area contributed by atoms with E-state index in [0.29, 0.717) is 22.7 Å². The lowest BCUT2D eigenvalue weighted by Gasteiger charge is -2.07. The highest BCUT2D eigenvalue weighted by molar-refractivity contribution is 7.17. The van der Waals surface area contributed by atoms with Crippen molar-refractivity contribution >= 4 is 23.2 Å². The molecule has 3 aromatic carbocycles. The van der Waals surface area contributed by atoms with Crippen molar-refractivity contribution in [2.24, 2.45) is 0 Å². The van der Waals surface area contributed by atoms with E-state index in [9.17, 15) is 9.59 Å². The van der Waals surface area contributed by atoms with E-state index in [-0.39, 0.29) is 11.8 Å². The van der Waals surface area contributed by atoms with Crippen molar-refractivity contribution in [3.05, 3.63) is 101 Å². The standard InChI is InChI=1S/C25H21N3O2S/c1-26-23(29)19-14-12-17(13-15-19)16-27-24(30)22-21(18-8-4-2-5-9-18)28-25(31-22)20-10-6-3-7-11-20/h2-15H,16H2,1H3,(H,26,29)(H,27,30). The van der Waals surface area contributed by atoms with Gasteiger partial charge in [0.1, 0.15) is 9.88 Å². The predicted octanol–water partition coefficient (Wildman–Crippen LogP) is 4.77. The van der Waals surface area contributed by atoms with E-state index >= 15 is 0 Å². The van der Waals surface area contributed by atoms with Crippen LogP contribution in [-0.2, 0) is 6.54 Å². The maximum atomic E-state index is 13.1. The molecule has 0 aliphatic carbocycles. The van der Waals surface area contributed by atoms with Gasteiger partial charge in [0.15, 0.2) is 0 Å². The summed E-state index contributed by atoms with van der Waals surface area (Å²) in [7, 11) is 1.60. The fourth-order valence-electron chi connectivity index (χ4n) is 3.15. The number of amides is 2. The molecule has 4 rings (SSSR count). The molecule has 1 heterocycles. The topological polar surface area (TPSA) is 71.1 Å². The van der Waals surface area contributed by atoms with Crippen molar-refractivity contribution < 1.29 is 9.59 Å². The Morgan fingerprint density at radius 2 is 1.42 bits per heavy atom. The Hall–Kier alpha value is -3.77. The van der Waals surface area contributed by atoms with Gasteiger partial charge in [0, 0.05) is 30.3 Å². The maximum absolute atomic E-state index is 13.1. The monoisotopic (exact) mass is 427 g/mol. The second-order valence-corrected chi connectivity index (χ2v) is 7.89. The first-order valence-electron chi connectivity index (χ1n) is 9.86. The minimum Gasteiger partial charge on any atom is -0.355 e. The van der Waals surface area contributed by atoms with Crippen LogP contribution in [0.4, 0.5) is 0 Å². The van der Waals surface area contributed by atoms with Gasteiger partial charge in [-0.1, -0.05) is 72.8 Å². The molecule has 2 amide bonds. The normalized spacial score (nSPS) is 10.5. The summed E-state index contributed by atoms with van der Waals surface area (Å²) in [6.07, 6.45) is 0. The van der Waals surface area contributed by atoms with Gasteiger partial charge in [0.25, 0.3) is 11.8 Å². The molecule has 0 bridgehead atoms. The quantitative estimate of drug-likeness (QED) is 0.466. The molecule has 0 unspecified atom stereocenters. The number of nitrogens with zero attached hydrogens (tertiary/aromatic N) is 1. The van der Waals surface area contributed by atoms with Gasteiger partial charge in [-0.25, -0.2) is 4.98 Å². The Morgan fingerprint density at radius 3 is 2.03 bits per heavy atom. The number of rotatable bonds is 6. The van der Waals surface area contributed by atoms with Crippen LogP contribution in [0.1, 0.15) is 25.6 Å². The predicted molar refractivity (Wildman–Crippen MR) is 124 cm³/mol. The maximum Gasteiger partial charge on any atom is 0.263 e. The lowest BCUT2D eigenvalue weighted by molar-refractivity contribution is 0.0949. The number of carbonyl (C=O) groups excluding carboxylic acids is 2. The fourth-order valence-corrected chi connectivity index (χ4v) is 4.16. The number of hydrogen-bond acceptors (Lipinski definition) is 4. The molecule has 0 radical (unpaired) electrons. The molecular weight excluding hydrogens is 406 g/mol. The average molecular weight is 428 g/mol. The summed E-state index contributed by atoms with van der Waals surface area (Å²) < 4.78 is 0. The summed E-state index contributed by atoms with van der Waals surface area (Å²) in [5.74, 6) is -0.310. The minimum absolute atomic E-state index is 0.138. The van der Waals surface area contributed by atoms with Crippen LogP contribution >= 0.6 is 11.3 Å². The van der Waals surface area contributed by atoms with E-state index in [4.69, 9.17) is 4.98 Å². The Labute approximate surface area is 184 Å². The van der Waals surface area contributed by atoms with Gasteiger partial charge in [-0.3, -0.25) is 9.59 Å². The van der Waals surface area contributed by atoms with Crippen LogP contribution in [0.2, 0.25) is 0 Å². The third-order valence-electron chi connectivity index (χ3n) is 4.80. The fraction of sp³-hybridized carbons (Fsp3) is 0.0800. The van der Waals surface area contributed by atoms with Crippen LogP contribution in [0, 0.1) is 0 Å². The highest BCUT2D eigenvalue weighted by atomic mass is 32.1. The summed E-state index contributed by atoms with van der Waals surface area (Å²) in [4.78, 5) is 30.1. The number of nitrogens with one attached hydrogen (secondary N) is 2. The molecule has 0 aliphatic heterocycles. The summed E-state index contributed by atoms with van der Waals surface area (Å²) >= 11 is 1.38. The highest BCUT2D eigenvalue weighted by Crippen LogP contribution is 2.33. The highest BCUT2D eigenvalue weighted by Gasteiger charge is 2.20. The number of thiazole rings is 1. The summed E-state index contributed by atoms with van der Waals surface area (Å²) in [6.45, 7) is 0.361. The largest absolute Gasteiger partial charge is 0.355 e. The summed E-state index contributed by atoms with van der Waals surface area (Å²) in [5.41, 5.74) is 4.06. The van der Waals surface area contributed by atoms with Gasteiger partial charge >= 0.3 is 0 Å². The van der Waals surface area contributed by atoms with Crippen LogP contribution in [0.5, 0.6) is 0 Å². The van der Waals surface area contributed by atoms with Crippen LogP contribution in [0.3, 0.4) is 0 Å². The smallest absolute Gasteiger partial charge is 0.263 e. The zero-order valence-electron chi connectivity index (χ0n) is 17.0. The SMILES string of the molecule is CNC(=O)c1ccc(CNC(=O)c2sc(-c3ccccc3)nc2-c2ccccc2)cc1. The Kier molecular flexibility index (Phi) is 6.19. The molecule has 0 fully saturated rings. The second-order valence-electron chi connectivity index (χ2n) is 6.89. The van der Waals surface area contributed by atoms with Gasteiger partial charge in [0.05, 0.1) is 5.69 Å². The summed E-state index contributed by atoms with van der Waals surface area (Å²) in [5, 5.41) is 6.38. The van der Waals surface area contributed by atoms with Crippen molar-refractivity contribution in [3.8, 4) is 21.8 Å². The molecule has 0 aliphatic rings. The molecule has 4 aromatic rings. The number of hydrogen-bond donors (Lipinski definition) is 2. The van der Waals surface area contributed by atoms with Crippen LogP contribution < -0.4 is 10.6 Å². The first kappa shape index (κ1) is 20.5. The van der Waals surface area contributed by atoms with Gasteiger partial charge < -0.3 is 10.6 Å². The van der Waals surface area contributed by atoms with Crippen LogP contribution in [-0.4, -0.2) is 23.8 Å². The third-order valence-corrected chi connectivity index (χ3v) is 5.90. The zero-order valence-corrected chi connectivity index (χ0v) is 17.8. The number of aromatic nitrogens is 1. The molecule has 1 aromatic heterocycles. The molecule has 0 atom stereocenters. The molecule has 0 saturated heterocycles. The summed E-state index contributed by atoms with van der Waals surface area (Å²) in [6, 6.07) is 26.8. The molecule has 154 valence electrons. The molecule has 6 heteroatoms. The van der Waals surface area contributed by atoms with Crippen molar-refractivity contribution in [2.75, 3.05) is 7.05 Å². The van der Waals surface area contributed by atoms with E-state index in [0.717, 1.165) is 21.7 Å². The Morgan fingerprint density at radius 1 is 0.806 bits per heavy atom. The van der Waals surface area contributed by atoms with Gasteiger partial charge in [-0.15, -0.1) is 11.3 Å². The van der Waals surface area contributed by atoms with Crippen molar-refractivity contribution in [1.82, 2.24) is 15.6 Å². The van der Waals surface area contributed by atoms with E-state index in [2.05, 4.69) is 10.6 Å². The average Bonchev–Trinajstić information content (AvgIpc) is 3.29. The number of carbonyl (C=O) groups is 2. The van der Waals surface area contributed by atoms with E-state index in [1.54, 1.807) is 19.2 Å². The lowest BCUT2D eigenvalue weighted by atomic mass is 10.1. The van der Waals surface area contributed by atoms with E-state index in [1.807, 2.05) is 72.8 Å². The zero-order chi connectivity index (χ0) is 21.6. The van der Waals surface area contributed by atoms with Crippen molar-refractivity contribution in [1.29, 1.82) is 0 Å². The lowest BCUT2D eigenvalue weighted by Crippen LogP contribution is -2.22. The Balaban J connectivity index is 1.58. The van der Waals surface area contributed by atoms with Gasteiger partial charge in [-0.2, -0.15) is 0 Å². The van der Waals surface area contributed by atoms with Gasteiger partial charge in [0.2, 0.25) is 0 Å². The van der Waals surface area contributed by atoms with Gasteiger partial charge in [-0.05, 0) is 17.7 Å². The molecule has 2 N–H and O–H groups in total. The first-order chi connectivity index (χ1) is 15.2. The molecule has 31 heavy (non-hydrogen) atoms. The molecule has 0 saturated carbocycles. The first-order valence-corrected chi connectivity index (χ1v) is 10.7. The van der Waals surface area contributed by atoms with E-state index < -0.39 is 0 Å². The number of benzene rings is 3. The second kappa shape index (κ2) is 9.36. The molecule has 0 spiro atoms. The minimum atomic E-state index is -0.172. The molecular formula is C25H21N3O2S. The molecule has 5 nitrogen and oxygen atoms in total. The van der Waals surface area contributed by atoms with Crippen LogP contribution in [0.15, 0.2) is 84.9 Å². The van der Waals surface area contributed by atoms with Crippen molar-refractivity contribution in [3.63, 3.8) is 0 Å².